The summed E-state index contributed by atoms with van der Waals surface area (Å²) in [6.45, 7) is 5.89. The molecule has 1 aliphatic rings. The fraction of sp³-hybridized carbons (Fsp3) is 0.389. The standard InChI is InChI=1S/C18H23N5O2/c1-2-7-19-18-20-12-14(13-21-18)17(24)22-15-5-3-4-6-16(15)23-8-10-25-11-9-23/h3-6,12-13H,2,7-11H2,1H3,(H,22,24)(H,19,20,21). The number of benzene rings is 1. The lowest BCUT2D eigenvalue weighted by Gasteiger charge is -2.30. The fourth-order valence-corrected chi connectivity index (χ4v) is 2.63. The molecule has 1 saturated heterocycles. The molecule has 2 aromatic rings. The number of para-hydroxylation sites is 2. The molecule has 0 unspecified atom stereocenters. The highest BCUT2D eigenvalue weighted by atomic mass is 16.5. The second-order valence-electron chi connectivity index (χ2n) is 5.79. The summed E-state index contributed by atoms with van der Waals surface area (Å²) in [6, 6.07) is 7.79. The highest BCUT2D eigenvalue weighted by Crippen LogP contribution is 2.26. The SMILES string of the molecule is CCCNc1ncc(C(=O)Nc2ccccc2N2CCOCC2)cn1. The van der Waals surface area contributed by atoms with Gasteiger partial charge in [0.15, 0.2) is 0 Å². The van der Waals surface area contributed by atoms with Crippen molar-refractivity contribution in [2.75, 3.05) is 48.4 Å². The monoisotopic (exact) mass is 341 g/mol. The van der Waals surface area contributed by atoms with Crippen LogP contribution in [-0.2, 0) is 4.74 Å². The molecule has 1 aliphatic heterocycles. The van der Waals surface area contributed by atoms with Crippen molar-refractivity contribution in [3.05, 3.63) is 42.2 Å². The number of carbonyl (C=O) groups is 1. The Morgan fingerprint density at radius 2 is 1.92 bits per heavy atom. The molecule has 0 bridgehead atoms. The van der Waals surface area contributed by atoms with Gasteiger partial charge in [0.25, 0.3) is 5.91 Å². The molecule has 3 rings (SSSR count). The number of rotatable bonds is 6. The van der Waals surface area contributed by atoms with Gasteiger partial charge in [-0.15, -0.1) is 0 Å². The Balaban J connectivity index is 1.70. The van der Waals surface area contributed by atoms with E-state index >= 15 is 0 Å². The molecule has 1 aromatic carbocycles. The van der Waals surface area contributed by atoms with Gasteiger partial charge >= 0.3 is 0 Å². The van der Waals surface area contributed by atoms with Crippen LogP contribution in [0.2, 0.25) is 0 Å². The highest BCUT2D eigenvalue weighted by Gasteiger charge is 2.16. The number of hydrogen-bond acceptors (Lipinski definition) is 6. The van der Waals surface area contributed by atoms with E-state index < -0.39 is 0 Å². The minimum absolute atomic E-state index is 0.220. The van der Waals surface area contributed by atoms with Gasteiger partial charge < -0.3 is 20.3 Å². The van der Waals surface area contributed by atoms with Gasteiger partial charge in [0.05, 0.1) is 30.2 Å². The average Bonchev–Trinajstić information content (AvgIpc) is 2.68. The first kappa shape index (κ1) is 17.2. The third kappa shape index (κ3) is 4.45. The van der Waals surface area contributed by atoms with Gasteiger partial charge in [-0.3, -0.25) is 4.79 Å². The van der Waals surface area contributed by atoms with Crippen molar-refractivity contribution in [1.29, 1.82) is 0 Å². The molecule has 7 heteroatoms. The summed E-state index contributed by atoms with van der Waals surface area (Å²) in [5.74, 6) is 0.315. The number of hydrogen-bond donors (Lipinski definition) is 2. The Labute approximate surface area is 147 Å². The third-order valence-corrected chi connectivity index (χ3v) is 3.95. The van der Waals surface area contributed by atoms with Crippen molar-refractivity contribution in [3.63, 3.8) is 0 Å². The maximum Gasteiger partial charge on any atom is 0.258 e. The first-order valence-electron chi connectivity index (χ1n) is 8.57. The number of anilines is 3. The average molecular weight is 341 g/mol. The summed E-state index contributed by atoms with van der Waals surface area (Å²) in [7, 11) is 0. The minimum atomic E-state index is -0.220. The van der Waals surface area contributed by atoms with Gasteiger partial charge in [0, 0.05) is 32.0 Å². The lowest BCUT2D eigenvalue weighted by molar-refractivity contribution is 0.102. The molecule has 132 valence electrons. The van der Waals surface area contributed by atoms with Crippen molar-refractivity contribution in [2.24, 2.45) is 0 Å². The zero-order valence-electron chi connectivity index (χ0n) is 14.4. The van der Waals surface area contributed by atoms with Crippen LogP contribution in [0.4, 0.5) is 17.3 Å². The van der Waals surface area contributed by atoms with Crippen molar-refractivity contribution in [3.8, 4) is 0 Å². The first-order chi connectivity index (χ1) is 12.3. The number of carbonyl (C=O) groups excluding carboxylic acids is 1. The number of nitrogens with one attached hydrogen (secondary N) is 2. The van der Waals surface area contributed by atoms with E-state index in [1.165, 1.54) is 12.4 Å². The van der Waals surface area contributed by atoms with Crippen molar-refractivity contribution >= 4 is 23.2 Å². The van der Waals surface area contributed by atoms with Crippen LogP contribution in [0.3, 0.4) is 0 Å². The van der Waals surface area contributed by atoms with Gasteiger partial charge in [0.1, 0.15) is 0 Å². The van der Waals surface area contributed by atoms with Gasteiger partial charge in [-0.05, 0) is 18.6 Å². The molecule has 2 N–H and O–H groups in total. The predicted octanol–water partition coefficient (Wildman–Crippen LogP) is 2.39. The van der Waals surface area contributed by atoms with E-state index in [1.807, 2.05) is 24.3 Å². The van der Waals surface area contributed by atoms with Crippen molar-refractivity contribution in [2.45, 2.75) is 13.3 Å². The Bertz CT molecular complexity index is 699. The zero-order chi connectivity index (χ0) is 17.5. The number of nitrogens with zero attached hydrogens (tertiary/aromatic N) is 3. The van der Waals surface area contributed by atoms with E-state index in [4.69, 9.17) is 4.74 Å². The molecule has 25 heavy (non-hydrogen) atoms. The van der Waals surface area contributed by atoms with E-state index in [1.54, 1.807) is 0 Å². The molecule has 0 aliphatic carbocycles. The van der Waals surface area contributed by atoms with E-state index in [0.29, 0.717) is 24.7 Å². The van der Waals surface area contributed by atoms with Gasteiger partial charge in [0.2, 0.25) is 5.95 Å². The summed E-state index contributed by atoms with van der Waals surface area (Å²) >= 11 is 0. The van der Waals surface area contributed by atoms with Crippen LogP contribution in [0.5, 0.6) is 0 Å². The molecule has 7 nitrogen and oxygen atoms in total. The molecule has 2 heterocycles. The lowest BCUT2D eigenvalue weighted by atomic mass is 10.2. The Hall–Kier alpha value is -2.67. The Morgan fingerprint density at radius 1 is 1.20 bits per heavy atom. The third-order valence-electron chi connectivity index (χ3n) is 3.95. The van der Waals surface area contributed by atoms with Crippen molar-refractivity contribution in [1.82, 2.24) is 9.97 Å². The smallest absolute Gasteiger partial charge is 0.258 e. The topological polar surface area (TPSA) is 79.4 Å². The highest BCUT2D eigenvalue weighted by molar-refractivity contribution is 6.05. The zero-order valence-corrected chi connectivity index (χ0v) is 14.4. The fourth-order valence-electron chi connectivity index (χ4n) is 2.63. The van der Waals surface area contributed by atoms with Crippen LogP contribution in [0, 0.1) is 0 Å². The van der Waals surface area contributed by atoms with Crippen LogP contribution in [0.1, 0.15) is 23.7 Å². The quantitative estimate of drug-likeness (QED) is 0.840. The first-order valence-corrected chi connectivity index (χ1v) is 8.57. The van der Waals surface area contributed by atoms with Crippen LogP contribution in [0.15, 0.2) is 36.7 Å². The summed E-state index contributed by atoms with van der Waals surface area (Å²) in [4.78, 5) is 23.1. The Morgan fingerprint density at radius 3 is 2.64 bits per heavy atom. The van der Waals surface area contributed by atoms with E-state index in [0.717, 1.165) is 37.4 Å². The molecular weight excluding hydrogens is 318 g/mol. The predicted molar refractivity (Wildman–Crippen MR) is 98.2 cm³/mol. The molecule has 0 radical (unpaired) electrons. The number of morpholine rings is 1. The molecular formula is C18H23N5O2. The van der Waals surface area contributed by atoms with Crippen LogP contribution in [-0.4, -0.2) is 48.7 Å². The molecule has 1 aromatic heterocycles. The molecule has 0 atom stereocenters. The normalized spacial score (nSPS) is 14.2. The number of aromatic nitrogens is 2. The summed E-state index contributed by atoms with van der Waals surface area (Å²) in [5, 5.41) is 6.05. The molecule has 0 saturated carbocycles. The minimum Gasteiger partial charge on any atom is -0.378 e. The van der Waals surface area contributed by atoms with E-state index in [9.17, 15) is 4.79 Å². The van der Waals surface area contributed by atoms with E-state index in [-0.39, 0.29) is 5.91 Å². The second kappa shape index (κ2) is 8.43. The summed E-state index contributed by atoms with van der Waals surface area (Å²) < 4.78 is 5.40. The molecule has 1 amide bonds. The van der Waals surface area contributed by atoms with Crippen LogP contribution < -0.4 is 15.5 Å². The van der Waals surface area contributed by atoms with Gasteiger partial charge in [-0.25, -0.2) is 9.97 Å². The Kier molecular flexibility index (Phi) is 5.79. The van der Waals surface area contributed by atoms with Crippen LogP contribution in [0.25, 0.3) is 0 Å². The molecule has 0 spiro atoms. The summed E-state index contributed by atoms with van der Waals surface area (Å²) in [6.07, 6.45) is 4.07. The lowest BCUT2D eigenvalue weighted by Crippen LogP contribution is -2.36. The maximum atomic E-state index is 12.5. The van der Waals surface area contributed by atoms with Crippen molar-refractivity contribution < 1.29 is 9.53 Å². The van der Waals surface area contributed by atoms with Gasteiger partial charge in [-0.2, -0.15) is 0 Å². The van der Waals surface area contributed by atoms with Gasteiger partial charge in [-0.1, -0.05) is 19.1 Å². The maximum absolute atomic E-state index is 12.5. The summed E-state index contributed by atoms with van der Waals surface area (Å²) in [5.41, 5.74) is 2.21. The number of amides is 1. The second-order valence-corrected chi connectivity index (χ2v) is 5.79. The number of ether oxygens (including phenoxy) is 1. The van der Waals surface area contributed by atoms with Crippen LogP contribution >= 0.6 is 0 Å². The molecule has 1 fully saturated rings. The van der Waals surface area contributed by atoms with E-state index in [2.05, 4.69) is 32.4 Å². The largest absolute Gasteiger partial charge is 0.378 e.